The number of hydrogen-bond acceptors (Lipinski definition) is 3. The lowest BCUT2D eigenvalue weighted by Crippen LogP contribution is -2.02. The summed E-state index contributed by atoms with van der Waals surface area (Å²) in [6.07, 6.45) is 0. The number of hydrogen-bond donors (Lipinski definition) is 1. The number of anilines is 1. The molecule has 0 aliphatic rings. The van der Waals surface area contributed by atoms with E-state index < -0.39 is 16.6 Å². The summed E-state index contributed by atoms with van der Waals surface area (Å²) >= 11 is 5.93. The molecule has 0 bridgehead atoms. The van der Waals surface area contributed by atoms with Crippen molar-refractivity contribution in [1.82, 2.24) is 0 Å². The van der Waals surface area contributed by atoms with Crippen molar-refractivity contribution in [2.75, 3.05) is 12.8 Å². The highest BCUT2D eigenvalue weighted by atomic mass is 35.5. The summed E-state index contributed by atoms with van der Waals surface area (Å²) in [5.74, 6) is 0.314. The van der Waals surface area contributed by atoms with Gasteiger partial charge in [-0.3, -0.25) is 4.21 Å². The molecular formula is C14H13ClFNO2S. The summed E-state index contributed by atoms with van der Waals surface area (Å²) < 4.78 is 30.4. The average Bonchev–Trinajstić information content (AvgIpc) is 2.42. The quantitative estimate of drug-likeness (QED) is 0.880. The third kappa shape index (κ3) is 3.29. The molecule has 2 aromatic rings. The van der Waals surface area contributed by atoms with Gasteiger partial charge in [-0.1, -0.05) is 17.7 Å². The zero-order chi connectivity index (χ0) is 14.7. The highest BCUT2D eigenvalue weighted by molar-refractivity contribution is 7.84. The molecule has 0 saturated carbocycles. The van der Waals surface area contributed by atoms with Crippen molar-refractivity contribution in [2.24, 2.45) is 0 Å². The van der Waals surface area contributed by atoms with Gasteiger partial charge in [-0.15, -0.1) is 0 Å². The number of halogens is 2. The van der Waals surface area contributed by atoms with Crippen LogP contribution in [0.15, 0.2) is 41.3 Å². The van der Waals surface area contributed by atoms with E-state index in [0.717, 1.165) is 0 Å². The van der Waals surface area contributed by atoms with Crippen molar-refractivity contribution in [2.45, 2.75) is 10.6 Å². The molecule has 106 valence electrons. The van der Waals surface area contributed by atoms with E-state index in [2.05, 4.69) is 0 Å². The third-order valence-corrected chi connectivity index (χ3v) is 4.54. The van der Waals surface area contributed by atoms with Crippen LogP contribution in [0.4, 0.5) is 10.1 Å². The summed E-state index contributed by atoms with van der Waals surface area (Å²) in [5, 5.41) is 0.250. The maximum atomic E-state index is 13.0. The predicted molar refractivity (Wildman–Crippen MR) is 78.9 cm³/mol. The van der Waals surface area contributed by atoms with Crippen LogP contribution in [0.1, 0.15) is 5.56 Å². The van der Waals surface area contributed by atoms with E-state index in [1.54, 1.807) is 18.2 Å². The predicted octanol–water partition coefficient (Wildman–Crippen LogP) is 3.38. The van der Waals surface area contributed by atoms with Crippen molar-refractivity contribution in [1.29, 1.82) is 0 Å². The molecule has 0 amide bonds. The van der Waals surface area contributed by atoms with E-state index in [0.29, 0.717) is 21.9 Å². The summed E-state index contributed by atoms with van der Waals surface area (Å²) in [5.41, 5.74) is 6.84. The minimum absolute atomic E-state index is 0.163. The van der Waals surface area contributed by atoms with Crippen LogP contribution >= 0.6 is 11.6 Å². The number of methoxy groups -OCH3 is 1. The number of ether oxygens (including phenoxy) is 1. The summed E-state index contributed by atoms with van der Waals surface area (Å²) in [4.78, 5) is 0.477. The monoisotopic (exact) mass is 313 g/mol. The first-order chi connectivity index (χ1) is 9.51. The van der Waals surface area contributed by atoms with Crippen LogP contribution in [0, 0.1) is 5.82 Å². The topological polar surface area (TPSA) is 52.3 Å². The van der Waals surface area contributed by atoms with Crippen LogP contribution in [0.3, 0.4) is 0 Å². The SMILES string of the molecule is COc1ccc(N)c(S(=O)Cc2ccc(F)cc2Cl)c1. The first-order valence-corrected chi connectivity index (χ1v) is 7.46. The van der Waals surface area contributed by atoms with Gasteiger partial charge in [0, 0.05) is 10.7 Å². The van der Waals surface area contributed by atoms with E-state index in [1.165, 1.54) is 25.3 Å². The van der Waals surface area contributed by atoms with Gasteiger partial charge < -0.3 is 10.5 Å². The maximum absolute atomic E-state index is 13.0. The fourth-order valence-corrected chi connectivity index (χ4v) is 3.28. The molecule has 2 N–H and O–H groups in total. The van der Waals surface area contributed by atoms with Gasteiger partial charge in [0.1, 0.15) is 11.6 Å². The largest absolute Gasteiger partial charge is 0.497 e. The van der Waals surface area contributed by atoms with Gasteiger partial charge in [0.05, 0.1) is 28.6 Å². The van der Waals surface area contributed by atoms with Crippen LogP contribution in [0.5, 0.6) is 5.75 Å². The Morgan fingerprint density at radius 1 is 1.30 bits per heavy atom. The van der Waals surface area contributed by atoms with Gasteiger partial charge in [-0.05, 0) is 35.9 Å². The second-order valence-electron chi connectivity index (χ2n) is 4.13. The van der Waals surface area contributed by atoms with E-state index in [1.807, 2.05) is 0 Å². The van der Waals surface area contributed by atoms with E-state index in [-0.39, 0.29) is 10.8 Å². The summed E-state index contributed by atoms with van der Waals surface area (Å²) in [6, 6.07) is 8.96. The van der Waals surface area contributed by atoms with Gasteiger partial charge in [-0.2, -0.15) is 0 Å². The molecule has 0 aromatic heterocycles. The molecule has 0 heterocycles. The van der Waals surface area contributed by atoms with E-state index >= 15 is 0 Å². The van der Waals surface area contributed by atoms with E-state index in [4.69, 9.17) is 22.1 Å². The Labute approximate surface area is 124 Å². The minimum Gasteiger partial charge on any atom is -0.497 e. The molecule has 3 nitrogen and oxygen atoms in total. The fourth-order valence-electron chi connectivity index (χ4n) is 1.70. The molecule has 20 heavy (non-hydrogen) atoms. The standard InChI is InChI=1S/C14H13ClFNO2S/c1-19-11-4-5-13(17)14(7-11)20(18)8-9-2-3-10(16)6-12(9)15/h2-7H,8,17H2,1H3. The Bertz CT molecular complexity index is 664. The Hall–Kier alpha value is -1.59. The molecule has 1 unspecified atom stereocenters. The van der Waals surface area contributed by atoms with Crippen molar-refractivity contribution < 1.29 is 13.3 Å². The van der Waals surface area contributed by atoms with Gasteiger partial charge >= 0.3 is 0 Å². The zero-order valence-corrected chi connectivity index (χ0v) is 12.3. The molecule has 6 heteroatoms. The Balaban J connectivity index is 2.28. The molecule has 0 aliphatic heterocycles. The highest BCUT2D eigenvalue weighted by Gasteiger charge is 2.12. The van der Waals surface area contributed by atoms with Crippen LogP contribution < -0.4 is 10.5 Å². The zero-order valence-electron chi connectivity index (χ0n) is 10.7. The van der Waals surface area contributed by atoms with Crippen LogP contribution in [0.25, 0.3) is 0 Å². The Kier molecular flexibility index (Phi) is 4.62. The van der Waals surface area contributed by atoms with Gasteiger partial charge in [0.25, 0.3) is 0 Å². The molecule has 2 aromatic carbocycles. The highest BCUT2D eigenvalue weighted by Crippen LogP contribution is 2.26. The van der Waals surface area contributed by atoms with Gasteiger partial charge in [0.2, 0.25) is 0 Å². The molecule has 0 radical (unpaired) electrons. The van der Waals surface area contributed by atoms with Gasteiger partial charge in [0.15, 0.2) is 0 Å². The lowest BCUT2D eigenvalue weighted by molar-refractivity contribution is 0.413. The van der Waals surface area contributed by atoms with Gasteiger partial charge in [-0.25, -0.2) is 4.39 Å². The average molecular weight is 314 g/mol. The number of rotatable bonds is 4. The molecule has 0 spiro atoms. The van der Waals surface area contributed by atoms with Crippen LogP contribution in [-0.2, 0) is 16.6 Å². The first kappa shape index (κ1) is 14.8. The molecule has 0 aliphatic carbocycles. The van der Waals surface area contributed by atoms with Crippen molar-refractivity contribution in [3.63, 3.8) is 0 Å². The third-order valence-electron chi connectivity index (χ3n) is 2.77. The van der Waals surface area contributed by atoms with E-state index in [9.17, 15) is 8.60 Å². The van der Waals surface area contributed by atoms with Crippen molar-refractivity contribution in [3.8, 4) is 5.75 Å². The summed E-state index contributed by atoms with van der Waals surface area (Å²) in [6.45, 7) is 0. The number of benzene rings is 2. The van der Waals surface area contributed by atoms with Crippen LogP contribution in [0.2, 0.25) is 5.02 Å². The second kappa shape index (κ2) is 6.24. The lowest BCUT2D eigenvalue weighted by atomic mass is 10.2. The molecule has 2 rings (SSSR count). The fraction of sp³-hybridized carbons (Fsp3) is 0.143. The second-order valence-corrected chi connectivity index (χ2v) is 5.96. The number of nitrogens with two attached hydrogens (primary N) is 1. The Morgan fingerprint density at radius 3 is 2.70 bits per heavy atom. The molecular weight excluding hydrogens is 301 g/mol. The lowest BCUT2D eigenvalue weighted by Gasteiger charge is -2.09. The molecule has 0 saturated heterocycles. The van der Waals surface area contributed by atoms with Crippen molar-refractivity contribution in [3.05, 3.63) is 52.8 Å². The molecule has 0 fully saturated rings. The Morgan fingerprint density at radius 2 is 2.05 bits per heavy atom. The van der Waals surface area contributed by atoms with Crippen molar-refractivity contribution >= 4 is 28.1 Å². The number of nitrogen functional groups attached to an aromatic ring is 1. The summed E-state index contributed by atoms with van der Waals surface area (Å²) in [7, 11) is 0.136. The molecule has 1 atom stereocenters. The first-order valence-electron chi connectivity index (χ1n) is 5.77. The maximum Gasteiger partial charge on any atom is 0.124 e. The normalized spacial score (nSPS) is 12.2. The smallest absolute Gasteiger partial charge is 0.124 e. The van der Waals surface area contributed by atoms with Crippen LogP contribution in [-0.4, -0.2) is 11.3 Å². The minimum atomic E-state index is -1.39.